The molecule has 110 valence electrons. The summed E-state index contributed by atoms with van der Waals surface area (Å²) in [6.45, 7) is 5.27. The van der Waals surface area contributed by atoms with Crippen molar-refractivity contribution < 1.29 is 14.3 Å². The molecule has 0 saturated carbocycles. The van der Waals surface area contributed by atoms with Crippen molar-refractivity contribution in [3.8, 4) is 0 Å². The van der Waals surface area contributed by atoms with Crippen LogP contribution in [-0.2, 0) is 4.74 Å². The molecule has 20 heavy (non-hydrogen) atoms. The molecule has 1 aliphatic rings. The molecular formula is C13H19N3O3S. The average molecular weight is 297 g/mol. The van der Waals surface area contributed by atoms with Gasteiger partial charge in [0.05, 0.1) is 6.61 Å². The van der Waals surface area contributed by atoms with Crippen LogP contribution in [0.4, 0.5) is 4.79 Å². The van der Waals surface area contributed by atoms with E-state index in [2.05, 4.69) is 10.3 Å². The van der Waals surface area contributed by atoms with Crippen molar-refractivity contribution in [1.82, 2.24) is 15.2 Å². The number of hydrogen-bond donors (Lipinski definition) is 1. The van der Waals surface area contributed by atoms with Gasteiger partial charge in [0.1, 0.15) is 0 Å². The highest BCUT2D eigenvalue weighted by atomic mass is 32.1. The van der Waals surface area contributed by atoms with Crippen LogP contribution >= 0.6 is 11.3 Å². The lowest BCUT2D eigenvalue weighted by molar-refractivity contribution is 0.0859. The molecule has 2 rings (SSSR count). The van der Waals surface area contributed by atoms with Gasteiger partial charge in [-0.2, -0.15) is 0 Å². The van der Waals surface area contributed by atoms with E-state index < -0.39 is 0 Å². The number of likely N-dealkylation sites (tertiary alicyclic amines) is 1. The standard InChI is InChI=1S/C13H19N3O3S/c1-3-19-13(18)16-6-4-10(5-7-16)15-11(17)12-14-9(2)8-20-12/h8,10H,3-7H2,1-2H3,(H,15,17). The Balaban J connectivity index is 1.80. The fraction of sp³-hybridized carbons (Fsp3) is 0.615. The van der Waals surface area contributed by atoms with Gasteiger partial charge in [0.15, 0.2) is 5.01 Å². The summed E-state index contributed by atoms with van der Waals surface area (Å²) in [4.78, 5) is 29.4. The molecule has 0 unspecified atom stereocenters. The SMILES string of the molecule is CCOC(=O)N1CCC(NC(=O)c2nc(C)cs2)CC1. The molecule has 2 heterocycles. The Morgan fingerprint density at radius 1 is 1.50 bits per heavy atom. The highest BCUT2D eigenvalue weighted by Gasteiger charge is 2.25. The van der Waals surface area contributed by atoms with Gasteiger partial charge in [-0.3, -0.25) is 4.79 Å². The predicted molar refractivity (Wildman–Crippen MR) is 75.9 cm³/mol. The molecule has 0 bridgehead atoms. The molecule has 0 aromatic carbocycles. The third-order valence-corrected chi connectivity index (χ3v) is 4.13. The molecule has 1 aliphatic heterocycles. The highest BCUT2D eigenvalue weighted by Crippen LogP contribution is 2.14. The Morgan fingerprint density at radius 2 is 2.20 bits per heavy atom. The van der Waals surface area contributed by atoms with E-state index in [1.54, 1.807) is 11.8 Å². The van der Waals surface area contributed by atoms with E-state index in [0.29, 0.717) is 24.7 Å². The molecule has 1 saturated heterocycles. The zero-order valence-corrected chi connectivity index (χ0v) is 12.5. The molecule has 0 aliphatic carbocycles. The molecule has 1 N–H and O–H groups in total. The fourth-order valence-electron chi connectivity index (χ4n) is 2.13. The van der Waals surface area contributed by atoms with Crippen molar-refractivity contribution >= 4 is 23.3 Å². The van der Waals surface area contributed by atoms with Crippen molar-refractivity contribution in [2.75, 3.05) is 19.7 Å². The number of aromatic nitrogens is 1. The molecule has 1 fully saturated rings. The van der Waals surface area contributed by atoms with Gasteiger partial charge in [-0.15, -0.1) is 11.3 Å². The number of nitrogens with zero attached hydrogens (tertiary/aromatic N) is 2. The predicted octanol–water partition coefficient (Wildman–Crippen LogP) is 1.80. The van der Waals surface area contributed by atoms with E-state index in [-0.39, 0.29) is 18.0 Å². The summed E-state index contributed by atoms with van der Waals surface area (Å²) in [6.07, 6.45) is 1.22. The van der Waals surface area contributed by atoms with Crippen LogP contribution in [0.25, 0.3) is 0 Å². The minimum absolute atomic E-state index is 0.0948. The first kappa shape index (κ1) is 14.8. The summed E-state index contributed by atoms with van der Waals surface area (Å²) in [5.74, 6) is -0.127. The number of aryl methyl sites for hydroxylation is 1. The van der Waals surface area contributed by atoms with Crippen molar-refractivity contribution in [3.05, 3.63) is 16.1 Å². The summed E-state index contributed by atoms with van der Waals surface area (Å²) < 4.78 is 4.96. The lowest BCUT2D eigenvalue weighted by Gasteiger charge is -2.31. The van der Waals surface area contributed by atoms with Crippen LogP contribution in [0.2, 0.25) is 0 Å². The Kier molecular flexibility index (Phi) is 4.94. The molecule has 7 heteroatoms. The van der Waals surface area contributed by atoms with Crippen LogP contribution in [0.3, 0.4) is 0 Å². The summed E-state index contributed by atoms with van der Waals surface area (Å²) in [5.41, 5.74) is 0.859. The van der Waals surface area contributed by atoms with Gasteiger partial charge < -0.3 is 15.0 Å². The minimum Gasteiger partial charge on any atom is -0.450 e. The van der Waals surface area contributed by atoms with E-state index in [1.807, 2.05) is 12.3 Å². The Labute approximate surface area is 122 Å². The van der Waals surface area contributed by atoms with Gasteiger partial charge >= 0.3 is 6.09 Å². The zero-order valence-electron chi connectivity index (χ0n) is 11.7. The van der Waals surface area contributed by atoms with Crippen LogP contribution < -0.4 is 5.32 Å². The van der Waals surface area contributed by atoms with Gasteiger partial charge in [-0.1, -0.05) is 0 Å². The molecule has 0 radical (unpaired) electrons. The molecule has 6 nitrogen and oxygen atoms in total. The summed E-state index contributed by atoms with van der Waals surface area (Å²) >= 11 is 1.35. The third kappa shape index (κ3) is 3.69. The van der Waals surface area contributed by atoms with E-state index >= 15 is 0 Å². The van der Waals surface area contributed by atoms with Gasteiger partial charge in [0, 0.05) is 30.2 Å². The molecular weight excluding hydrogens is 278 g/mol. The Morgan fingerprint density at radius 3 is 2.75 bits per heavy atom. The smallest absolute Gasteiger partial charge is 0.409 e. The number of nitrogens with one attached hydrogen (secondary N) is 1. The summed E-state index contributed by atoms with van der Waals surface area (Å²) in [6, 6.07) is 0.0948. The maximum absolute atomic E-state index is 12.0. The van der Waals surface area contributed by atoms with Crippen LogP contribution in [0.1, 0.15) is 35.3 Å². The Hall–Kier alpha value is -1.63. The van der Waals surface area contributed by atoms with E-state index in [0.717, 1.165) is 18.5 Å². The largest absolute Gasteiger partial charge is 0.450 e. The van der Waals surface area contributed by atoms with Gasteiger partial charge in [-0.05, 0) is 26.7 Å². The second kappa shape index (κ2) is 6.69. The number of carbonyl (C=O) groups is 2. The van der Waals surface area contributed by atoms with Crippen LogP contribution in [-0.4, -0.2) is 47.6 Å². The van der Waals surface area contributed by atoms with Gasteiger partial charge in [0.2, 0.25) is 0 Å². The normalized spacial score (nSPS) is 16.0. The van der Waals surface area contributed by atoms with E-state index in [4.69, 9.17) is 4.74 Å². The quantitative estimate of drug-likeness (QED) is 0.923. The number of hydrogen-bond acceptors (Lipinski definition) is 5. The van der Waals surface area contributed by atoms with Crippen molar-refractivity contribution in [3.63, 3.8) is 0 Å². The van der Waals surface area contributed by atoms with Crippen molar-refractivity contribution in [1.29, 1.82) is 0 Å². The molecule has 0 spiro atoms. The first-order chi connectivity index (χ1) is 9.60. The minimum atomic E-state index is -0.271. The first-order valence-corrected chi connectivity index (χ1v) is 7.62. The number of ether oxygens (including phenoxy) is 1. The number of carbonyl (C=O) groups excluding carboxylic acids is 2. The van der Waals surface area contributed by atoms with E-state index in [1.165, 1.54) is 11.3 Å². The number of piperidine rings is 1. The molecule has 2 amide bonds. The lowest BCUT2D eigenvalue weighted by atomic mass is 10.1. The van der Waals surface area contributed by atoms with Crippen LogP contribution in [0, 0.1) is 6.92 Å². The summed E-state index contributed by atoms with van der Waals surface area (Å²) in [7, 11) is 0. The molecule has 0 atom stereocenters. The topological polar surface area (TPSA) is 71.5 Å². The van der Waals surface area contributed by atoms with Gasteiger partial charge in [0.25, 0.3) is 5.91 Å². The highest BCUT2D eigenvalue weighted by molar-refractivity contribution is 7.11. The average Bonchev–Trinajstić information content (AvgIpc) is 2.86. The maximum Gasteiger partial charge on any atom is 0.409 e. The third-order valence-electron chi connectivity index (χ3n) is 3.17. The number of rotatable bonds is 3. The fourth-order valence-corrected chi connectivity index (χ4v) is 2.82. The summed E-state index contributed by atoms with van der Waals surface area (Å²) in [5, 5.41) is 5.33. The van der Waals surface area contributed by atoms with E-state index in [9.17, 15) is 9.59 Å². The lowest BCUT2D eigenvalue weighted by Crippen LogP contribution is -2.46. The second-order valence-corrected chi connectivity index (χ2v) is 5.59. The van der Waals surface area contributed by atoms with Crippen molar-refractivity contribution in [2.45, 2.75) is 32.7 Å². The van der Waals surface area contributed by atoms with Crippen molar-refractivity contribution in [2.24, 2.45) is 0 Å². The number of amides is 2. The Bertz CT molecular complexity index is 481. The monoisotopic (exact) mass is 297 g/mol. The number of thiazole rings is 1. The van der Waals surface area contributed by atoms with Crippen LogP contribution in [0.5, 0.6) is 0 Å². The molecule has 1 aromatic heterocycles. The second-order valence-electron chi connectivity index (χ2n) is 4.73. The maximum atomic E-state index is 12.0. The van der Waals surface area contributed by atoms with Gasteiger partial charge in [-0.25, -0.2) is 9.78 Å². The molecule has 1 aromatic rings. The zero-order chi connectivity index (χ0) is 14.5. The first-order valence-electron chi connectivity index (χ1n) is 6.75. The van der Waals surface area contributed by atoms with Crippen LogP contribution in [0.15, 0.2) is 5.38 Å².